The van der Waals surface area contributed by atoms with Crippen LogP contribution in [-0.2, 0) is 111 Å². The fourth-order valence-corrected chi connectivity index (χ4v) is 13.6. The number of nitrogens with two attached hydrogens (primary N) is 3. The zero-order chi connectivity index (χ0) is 84.4. The Hall–Kier alpha value is -11.6. The zero-order valence-corrected chi connectivity index (χ0v) is 66.2. The molecular weight excluding hydrogens is 1570 g/mol. The molecule has 2 fully saturated rings. The summed E-state index contributed by atoms with van der Waals surface area (Å²) in [6.07, 6.45) is -2.88. The summed E-state index contributed by atoms with van der Waals surface area (Å²) in [5.41, 5.74) is 18.7. The third-order valence-electron chi connectivity index (χ3n) is 18.9. The van der Waals surface area contributed by atoms with Crippen LogP contribution >= 0.6 is 15.9 Å². The number of H-pyrrole nitrogens is 1. The molecule has 6 rings (SSSR count). The Labute approximate surface area is 665 Å². The Morgan fingerprint density at radius 1 is 0.711 bits per heavy atom. The standard InChI is InChI=1S/C73H100BrN19O20S/c1-37(2)58(90-69(106)59(38(3)4)89-67(104)54-20-14-28-93(54)70(107)50(87-61(98)39(5)82-36-94)30-42-21-23-44(74)24-22-42)68(105)86-49(31-43-33-80-46-18-12-11-17-45(43)46)64(101)84-47(19-13-27-79-73(77)78)63(100)88-52(35-114(110,111)112)65(102)91-60-40(6)113-72(109)51(32-56(76)96)83-57(97)34-81-62(99)48(29-41-15-9-8-10-16-41)85-66(103)53(25-26-55(75)95)92(7)71(60)108/h8-12,15-18,21-24,33,36-40,47-54,58-60,80H,13-14,19-20,25-32,34-35H2,1-7H3,(H2,75,95)(H2,76,96)(H,81,99)(H,82,94)(H,83,97)(H,84,101)(H,85,103)(H,86,105)(H,87,98)(H,88,100)(H,89,104)(H,90,106)(H,91,102)(H4,77,78,79)(H,110,111,112)/t39-,40+,47-,48+,49+,50-,51+,52+,53-,54-,58-,59+,60-/m0/s1. The van der Waals surface area contributed by atoms with Gasteiger partial charge in [-0.2, -0.15) is 8.42 Å². The largest absolute Gasteiger partial charge is 0.458 e. The van der Waals surface area contributed by atoms with Crippen LogP contribution < -0.4 is 81.0 Å². The monoisotopic (exact) mass is 1670 g/mol. The van der Waals surface area contributed by atoms with Crippen molar-refractivity contribution < 1.29 is 94.4 Å². The van der Waals surface area contributed by atoms with Gasteiger partial charge in [-0.1, -0.05) is 104 Å². The molecule has 0 spiro atoms. The van der Waals surface area contributed by atoms with Crippen molar-refractivity contribution in [3.63, 3.8) is 0 Å². The van der Waals surface area contributed by atoms with Crippen LogP contribution in [0.15, 0.2) is 89.5 Å². The van der Waals surface area contributed by atoms with Crippen molar-refractivity contribution >= 4 is 138 Å². The fraction of sp³-hybridized carbons (Fsp3) is 0.493. The molecule has 13 atom stereocenters. The predicted molar refractivity (Wildman–Crippen MR) is 413 cm³/mol. The van der Waals surface area contributed by atoms with Gasteiger partial charge in [0.2, 0.25) is 89.1 Å². The molecule has 620 valence electrons. The molecule has 2 aliphatic heterocycles. The molecule has 3 heterocycles. The summed E-state index contributed by atoms with van der Waals surface area (Å²) >= 11 is 3.39. The molecule has 0 saturated carbocycles. The lowest BCUT2D eigenvalue weighted by atomic mass is 9.98. The van der Waals surface area contributed by atoms with E-state index in [1.165, 1.54) is 11.8 Å². The van der Waals surface area contributed by atoms with E-state index in [1.807, 2.05) is 0 Å². The van der Waals surface area contributed by atoms with Crippen molar-refractivity contribution in [2.45, 2.75) is 184 Å². The summed E-state index contributed by atoms with van der Waals surface area (Å²) in [5, 5.41) is 38.0. The average Bonchev–Trinajstić information content (AvgIpc) is 1.31. The van der Waals surface area contributed by atoms with Gasteiger partial charge in [-0.15, -0.1) is 0 Å². The number of cyclic esters (lactones) is 1. The minimum atomic E-state index is -5.40. The minimum Gasteiger partial charge on any atom is -0.458 e. The van der Waals surface area contributed by atoms with E-state index in [-0.39, 0.29) is 45.2 Å². The average molecular weight is 1680 g/mol. The van der Waals surface area contributed by atoms with Crippen molar-refractivity contribution in [1.29, 1.82) is 5.41 Å². The van der Waals surface area contributed by atoms with E-state index in [0.717, 1.165) is 18.4 Å². The second-order valence-electron chi connectivity index (χ2n) is 28.4. The van der Waals surface area contributed by atoms with Crippen molar-refractivity contribution in [2.24, 2.45) is 29.0 Å². The van der Waals surface area contributed by atoms with Gasteiger partial charge in [-0.25, -0.2) is 4.79 Å². The number of likely N-dealkylation sites (tertiary alicyclic amines) is 1. The van der Waals surface area contributed by atoms with Crippen LogP contribution in [0, 0.1) is 17.2 Å². The summed E-state index contributed by atoms with van der Waals surface area (Å²) in [5.74, 6) is -19.8. The van der Waals surface area contributed by atoms with Gasteiger partial charge in [0.15, 0.2) is 5.96 Å². The Morgan fingerprint density at radius 3 is 1.96 bits per heavy atom. The number of fused-ring (bicyclic) bond motifs is 1. The first-order chi connectivity index (χ1) is 53.7. The number of primary amides is 2. The van der Waals surface area contributed by atoms with Crippen LogP contribution in [-0.4, -0.2) is 240 Å². The van der Waals surface area contributed by atoms with Crippen LogP contribution in [0.5, 0.6) is 0 Å². The number of carbonyl (C=O) groups is 16. The lowest BCUT2D eigenvalue weighted by Gasteiger charge is -2.34. The van der Waals surface area contributed by atoms with Gasteiger partial charge in [-0.3, -0.25) is 81.9 Å². The number of nitrogens with zero attached hydrogens (tertiary/aromatic N) is 2. The van der Waals surface area contributed by atoms with Gasteiger partial charge in [0.1, 0.15) is 84.4 Å². The summed E-state index contributed by atoms with van der Waals surface area (Å²) in [4.78, 5) is 229. The van der Waals surface area contributed by atoms with Gasteiger partial charge in [0.05, 0.1) is 13.0 Å². The van der Waals surface area contributed by atoms with Crippen molar-refractivity contribution in [3.8, 4) is 0 Å². The third kappa shape index (κ3) is 27.6. The number of ether oxygens (including phenoxy) is 1. The summed E-state index contributed by atoms with van der Waals surface area (Å²) in [6, 6.07) is 2.08. The van der Waals surface area contributed by atoms with Crippen LogP contribution in [0.4, 0.5) is 0 Å². The quantitative estimate of drug-likeness (QED) is 0.00514. The van der Waals surface area contributed by atoms with E-state index in [0.29, 0.717) is 45.3 Å². The highest BCUT2D eigenvalue weighted by atomic mass is 79.9. The number of aromatic nitrogens is 1. The lowest BCUT2D eigenvalue weighted by Crippen LogP contribution is -2.63. The number of rotatable bonds is 36. The molecule has 1 aromatic heterocycles. The second-order valence-corrected chi connectivity index (χ2v) is 30.8. The minimum absolute atomic E-state index is 0.00286. The van der Waals surface area contributed by atoms with Gasteiger partial charge in [0, 0.05) is 67.4 Å². The highest BCUT2D eigenvalue weighted by Gasteiger charge is 2.44. The maximum Gasteiger partial charge on any atom is 0.329 e. The Morgan fingerprint density at radius 2 is 1.32 bits per heavy atom. The first-order valence-electron chi connectivity index (χ1n) is 36.7. The van der Waals surface area contributed by atoms with Gasteiger partial charge in [-0.05, 0) is 92.7 Å². The number of amides is 15. The molecule has 114 heavy (non-hydrogen) atoms. The molecule has 39 nitrogen and oxygen atoms in total. The molecule has 3 aromatic carbocycles. The number of hydrogen-bond acceptors (Lipinski definition) is 20. The van der Waals surface area contributed by atoms with Crippen molar-refractivity contribution in [3.05, 3.63) is 106 Å². The first kappa shape index (κ1) is 91.3. The fourth-order valence-electron chi connectivity index (χ4n) is 12.7. The smallest absolute Gasteiger partial charge is 0.329 e. The molecule has 2 aliphatic rings. The summed E-state index contributed by atoms with van der Waals surface area (Å²) < 4.78 is 42.7. The number of hydrogen-bond donors (Lipinski definition) is 18. The van der Waals surface area contributed by atoms with Crippen LogP contribution in [0.2, 0.25) is 0 Å². The topological polar surface area (TPSA) is 605 Å². The third-order valence-corrected chi connectivity index (χ3v) is 20.1. The molecule has 0 unspecified atom stereocenters. The van der Waals surface area contributed by atoms with E-state index in [1.54, 1.807) is 113 Å². The maximum absolute atomic E-state index is 15.2. The molecule has 41 heteroatoms. The van der Waals surface area contributed by atoms with Gasteiger partial charge >= 0.3 is 5.97 Å². The maximum atomic E-state index is 15.2. The SMILES string of the molecule is CC(C)[C@H](NC(=O)[C@H](NC(=O)[C@@H]1CCCN1C(=O)[C@H](Cc1ccc(Br)cc1)NC(=O)[C@H](C)NC=O)C(C)C)C(=O)N[C@H](Cc1c[nH]c2ccccc12)C(=O)N[C@@H](CCCNC(=N)N)C(=O)N[C@H](CS(=O)(=O)O)C(=O)N[C@@H]1C(=O)N(C)[C@@H](CCC(N)=O)C(=O)N[C@H](Cc2ccccc2)C(=O)NCC(=O)N[C@H](CC(N)=O)C(=O)O[C@@H]1C. The Bertz CT molecular complexity index is 4300. The number of aromatic amines is 1. The number of likely N-dealkylation sites (N-methyl/N-ethyl adjacent to an activating group) is 1. The number of carbonyl (C=O) groups excluding carboxylic acids is 16. The summed E-state index contributed by atoms with van der Waals surface area (Å²) in [6.45, 7) is 7.87. The van der Waals surface area contributed by atoms with Crippen molar-refractivity contribution in [2.75, 3.05) is 32.4 Å². The number of para-hydroxylation sites is 1. The normalized spacial score (nSPS) is 19.6. The van der Waals surface area contributed by atoms with E-state index in [2.05, 4.69) is 84.7 Å². The molecule has 21 N–H and O–H groups in total. The lowest BCUT2D eigenvalue weighted by molar-refractivity contribution is -0.159. The zero-order valence-electron chi connectivity index (χ0n) is 63.8. The molecule has 2 saturated heterocycles. The second kappa shape index (κ2) is 42.9. The van der Waals surface area contributed by atoms with Gasteiger partial charge in [0.25, 0.3) is 10.1 Å². The molecule has 15 amide bonds. The van der Waals surface area contributed by atoms with Crippen LogP contribution in [0.3, 0.4) is 0 Å². The Kier molecular flexibility index (Phi) is 34.3. The molecule has 0 bridgehead atoms. The number of nitrogens with one attached hydrogen (secondary N) is 14. The van der Waals surface area contributed by atoms with E-state index < -0.39 is 233 Å². The highest BCUT2D eigenvalue weighted by molar-refractivity contribution is 9.10. The van der Waals surface area contributed by atoms with E-state index in [4.69, 9.17) is 27.3 Å². The van der Waals surface area contributed by atoms with E-state index in [9.17, 15) is 80.1 Å². The molecule has 4 aromatic rings. The number of halogens is 1. The highest BCUT2D eigenvalue weighted by Crippen LogP contribution is 2.24. The van der Waals surface area contributed by atoms with Crippen LogP contribution in [0.1, 0.15) is 103 Å². The summed E-state index contributed by atoms with van der Waals surface area (Å²) in [7, 11) is -4.40. The first-order valence-corrected chi connectivity index (χ1v) is 39.1. The number of guanidine groups is 1. The molecule has 0 radical (unpaired) electrons. The Balaban J connectivity index is 1.32. The number of esters is 1. The molecule has 0 aliphatic carbocycles. The van der Waals surface area contributed by atoms with Crippen molar-refractivity contribution in [1.82, 2.24) is 78.6 Å². The molecular formula is C73H100BrN19O20S. The van der Waals surface area contributed by atoms with E-state index >= 15 is 9.59 Å². The van der Waals surface area contributed by atoms with Crippen LogP contribution in [0.25, 0.3) is 10.9 Å². The number of benzene rings is 3. The van der Waals surface area contributed by atoms with Gasteiger partial charge < -0.3 is 101 Å². The predicted octanol–water partition coefficient (Wildman–Crippen LogP) is -4.06.